The molecule has 0 radical (unpaired) electrons. The molecule has 2 aliphatic rings. The second kappa shape index (κ2) is 9.14. The number of aliphatic hydroxyl groups is 2. The highest BCUT2D eigenvalue weighted by Crippen LogP contribution is 2.37. The lowest BCUT2D eigenvalue weighted by atomic mass is 9.82. The first-order chi connectivity index (χ1) is 12.4. The summed E-state index contributed by atoms with van der Waals surface area (Å²) in [6.45, 7) is 7.12. The Morgan fingerprint density at radius 1 is 1.42 bits per heavy atom. The van der Waals surface area contributed by atoms with Gasteiger partial charge < -0.3 is 19.7 Å². The number of ether oxygens (including phenoxy) is 2. The van der Waals surface area contributed by atoms with Gasteiger partial charge in [-0.2, -0.15) is 0 Å². The standard InChI is InChI=1S/C20H28O6/c1-12-5-4-6-15(11-22)10-17-18(14(3)20(24)26-17)16(9-12)25-19(23)13(2)7-8-21/h5,10,14,16-18,21-22H,2,4,6-9,11H2,1,3H3/b12-5+,15-10-/t14-,16-,17?,18+/m0/s1. The molecule has 0 bridgehead atoms. The molecule has 0 spiro atoms. The molecular weight excluding hydrogens is 336 g/mol. The van der Waals surface area contributed by atoms with Crippen LogP contribution >= 0.6 is 0 Å². The lowest BCUT2D eigenvalue weighted by molar-refractivity contribution is -0.148. The van der Waals surface area contributed by atoms with Crippen molar-refractivity contribution in [1.82, 2.24) is 0 Å². The number of carbonyl (C=O) groups excluding carboxylic acids is 2. The molecule has 26 heavy (non-hydrogen) atoms. The van der Waals surface area contributed by atoms with Gasteiger partial charge in [-0.25, -0.2) is 4.79 Å². The van der Waals surface area contributed by atoms with Crippen LogP contribution in [0.2, 0.25) is 0 Å². The van der Waals surface area contributed by atoms with Crippen molar-refractivity contribution < 1.29 is 29.3 Å². The second-order valence-corrected chi connectivity index (χ2v) is 7.06. The molecule has 4 atom stereocenters. The summed E-state index contributed by atoms with van der Waals surface area (Å²) in [6, 6.07) is 0. The van der Waals surface area contributed by atoms with E-state index in [0.717, 1.165) is 17.6 Å². The van der Waals surface area contributed by atoms with E-state index >= 15 is 0 Å². The van der Waals surface area contributed by atoms with Gasteiger partial charge in [0.2, 0.25) is 0 Å². The van der Waals surface area contributed by atoms with Gasteiger partial charge in [0, 0.05) is 25.0 Å². The summed E-state index contributed by atoms with van der Waals surface area (Å²) in [5.41, 5.74) is 2.06. The number of aliphatic hydroxyl groups excluding tert-OH is 2. The van der Waals surface area contributed by atoms with E-state index in [2.05, 4.69) is 12.7 Å². The zero-order chi connectivity index (χ0) is 19.3. The second-order valence-electron chi connectivity index (χ2n) is 7.06. The number of allylic oxidation sites excluding steroid dienone is 1. The van der Waals surface area contributed by atoms with Crippen LogP contribution in [-0.2, 0) is 19.1 Å². The Morgan fingerprint density at radius 3 is 2.81 bits per heavy atom. The number of rotatable bonds is 5. The lowest BCUT2D eigenvalue weighted by Crippen LogP contribution is -2.36. The number of hydrogen-bond donors (Lipinski definition) is 2. The zero-order valence-corrected chi connectivity index (χ0v) is 15.4. The van der Waals surface area contributed by atoms with E-state index in [0.29, 0.717) is 12.8 Å². The first-order valence-corrected chi connectivity index (χ1v) is 9.03. The Labute approximate surface area is 154 Å². The van der Waals surface area contributed by atoms with Crippen LogP contribution in [0.4, 0.5) is 0 Å². The van der Waals surface area contributed by atoms with Crippen LogP contribution < -0.4 is 0 Å². The molecule has 1 aliphatic heterocycles. The molecule has 6 nitrogen and oxygen atoms in total. The van der Waals surface area contributed by atoms with Crippen molar-refractivity contribution in [2.45, 2.75) is 51.7 Å². The van der Waals surface area contributed by atoms with Crippen molar-refractivity contribution in [3.63, 3.8) is 0 Å². The van der Waals surface area contributed by atoms with Gasteiger partial charge in [0.1, 0.15) is 12.2 Å². The molecule has 0 amide bonds. The number of esters is 2. The van der Waals surface area contributed by atoms with E-state index < -0.39 is 24.1 Å². The van der Waals surface area contributed by atoms with Crippen LogP contribution in [0.15, 0.2) is 35.5 Å². The quantitative estimate of drug-likeness (QED) is 0.441. The number of fused-ring (bicyclic) bond motifs is 1. The van der Waals surface area contributed by atoms with E-state index in [1.165, 1.54) is 0 Å². The minimum absolute atomic E-state index is 0.0974. The normalized spacial score (nSPS) is 33.2. The van der Waals surface area contributed by atoms with Gasteiger partial charge in [0.05, 0.1) is 18.4 Å². The third-order valence-corrected chi connectivity index (χ3v) is 5.06. The molecule has 2 N–H and O–H groups in total. The molecule has 1 fully saturated rings. The number of carbonyl (C=O) groups is 2. The molecule has 1 unspecified atom stereocenters. The van der Waals surface area contributed by atoms with Crippen LogP contribution in [0.3, 0.4) is 0 Å². The summed E-state index contributed by atoms with van der Waals surface area (Å²) in [5.74, 6) is -1.65. The fourth-order valence-corrected chi connectivity index (χ4v) is 3.51. The molecule has 144 valence electrons. The van der Waals surface area contributed by atoms with Crippen LogP contribution in [0.1, 0.15) is 39.5 Å². The largest absolute Gasteiger partial charge is 0.458 e. The Bertz CT molecular complexity index is 618. The molecule has 0 aromatic carbocycles. The van der Waals surface area contributed by atoms with Gasteiger partial charge >= 0.3 is 11.9 Å². The maximum absolute atomic E-state index is 12.3. The Balaban J connectivity index is 2.33. The fraction of sp³-hybridized carbons (Fsp3) is 0.600. The molecule has 0 aromatic rings. The highest BCUT2D eigenvalue weighted by Gasteiger charge is 2.47. The highest BCUT2D eigenvalue weighted by molar-refractivity contribution is 5.88. The molecule has 2 rings (SSSR count). The summed E-state index contributed by atoms with van der Waals surface area (Å²) in [4.78, 5) is 24.5. The van der Waals surface area contributed by atoms with Gasteiger partial charge in [-0.15, -0.1) is 0 Å². The predicted molar refractivity (Wildman–Crippen MR) is 96.0 cm³/mol. The molecule has 1 aliphatic carbocycles. The first-order valence-electron chi connectivity index (χ1n) is 9.03. The average molecular weight is 364 g/mol. The summed E-state index contributed by atoms with van der Waals surface area (Å²) in [5, 5.41) is 18.6. The molecular formula is C20H28O6. The highest BCUT2D eigenvalue weighted by atomic mass is 16.6. The summed E-state index contributed by atoms with van der Waals surface area (Å²) < 4.78 is 11.2. The van der Waals surface area contributed by atoms with Crippen molar-refractivity contribution in [2.24, 2.45) is 11.8 Å². The Hall–Kier alpha value is -1.92. The number of hydrogen-bond acceptors (Lipinski definition) is 6. The predicted octanol–water partition coefficient (Wildman–Crippen LogP) is 2.06. The van der Waals surface area contributed by atoms with E-state index in [9.17, 15) is 14.7 Å². The van der Waals surface area contributed by atoms with Crippen LogP contribution in [-0.4, -0.2) is 47.6 Å². The molecule has 1 heterocycles. The molecule has 0 aromatic heterocycles. The minimum atomic E-state index is -0.564. The summed E-state index contributed by atoms with van der Waals surface area (Å²) >= 11 is 0. The van der Waals surface area contributed by atoms with E-state index in [1.807, 2.05) is 6.92 Å². The topological polar surface area (TPSA) is 93.1 Å². The van der Waals surface area contributed by atoms with Crippen molar-refractivity contribution in [3.8, 4) is 0 Å². The van der Waals surface area contributed by atoms with Gasteiger partial charge in [-0.05, 0) is 31.4 Å². The maximum Gasteiger partial charge on any atom is 0.333 e. The van der Waals surface area contributed by atoms with Crippen molar-refractivity contribution in [3.05, 3.63) is 35.5 Å². The summed E-state index contributed by atoms with van der Waals surface area (Å²) in [6.07, 6.45) is 4.89. The monoisotopic (exact) mass is 364 g/mol. The first kappa shape index (κ1) is 20.4. The third-order valence-electron chi connectivity index (χ3n) is 5.06. The van der Waals surface area contributed by atoms with Gasteiger partial charge in [0.25, 0.3) is 0 Å². The van der Waals surface area contributed by atoms with Crippen molar-refractivity contribution in [2.75, 3.05) is 13.2 Å². The molecule has 1 saturated heterocycles. The van der Waals surface area contributed by atoms with Gasteiger partial charge in [0.15, 0.2) is 0 Å². The fourth-order valence-electron chi connectivity index (χ4n) is 3.51. The van der Waals surface area contributed by atoms with E-state index in [-0.39, 0.29) is 37.1 Å². The third kappa shape index (κ3) is 4.83. The van der Waals surface area contributed by atoms with Crippen molar-refractivity contribution in [1.29, 1.82) is 0 Å². The van der Waals surface area contributed by atoms with Gasteiger partial charge in [-0.1, -0.05) is 25.2 Å². The zero-order valence-electron chi connectivity index (χ0n) is 15.4. The minimum Gasteiger partial charge on any atom is -0.458 e. The SMILES string of the molecule is C=C(CCO)C(=O)O[C@H]1C/C(C)=C/CC/C(CO)=C/C2OC(=O)[C@@H](C)[C@@H]21. The van der Waals surface area contributed by atoms with Crippen LogP contribution in [0.25, 0.3) is 0 Å². The Kier molecular flexibility index (Phi) is 7.17. The van der Waals surface area contributed by atoms with Crippen molar-refractivity contribution >= 4 is 11.9 Å². The van der Waals surface area contributed by atoms with Crippen LogP contribution in [0.5, 0.6) is 0 Å². The van der Waals surface area contributed by atoms with E-state index in [1.54, 1.807) is 13.0 Å². The van der Waals surface area contributed by atoms with E-state index in [4.69, 9.17) is 14.6 Å². The smallest absolute Gasteiger partial charge is 0.333 e. The Morgan fingerprint density at radius 2 is 2.15 bits per heavy atom. The lowest BCUT2D eigenvalue weighted by Gasteiger charge is -2.29. The summed E-state index contributed by atoms with van der Waals surface area (Å²) in [7, 11) is 0. The molecule has 6 heteroatoms. The van der Waals surface area contributed by atoms with Gasteiger partial charge in [-0.3, -0.25) is 4.79 Å². The maximum atomic E-state index is 12.3. The molecule has 0 saturated carbocycles. The van der Waals surface area contributed by atoms with Crippen LogP contribution in [0, 0.1) is 11.8 Å². The average Bonchev–Trinajstić information content (AvgIpc) is 2.87.